The average molecular weight is 512 g/mol. The Morgan fingerprint density at radius 1 is 1.25 bits per heavy atom. The van der Waals surface area contributed by atoms with Gasteiger partial charge in [0.2, 0.25) is 5.91 Å². The predicted molar refractivity (Wildman–Crippen MR) is 131 cm³/mol. The quantitative estimate of drug-likeness (QED) is 0.259. The van der Waals surface area contributed by atoms with E-state index in [0.29, 0.717) is 44.0 Å². The fraction of sp³-hybridized carbons (Fsp3) is 0.227. The van der Waals surface area contributed by atoms with E-state index in [9.17, 15) is 4.79 Å². The smallest absolute Gasteiger partial charge is 0.234 e. The summed E-state index contributed by atoms with van der Waals surface area (Å²) >= 11 is 19.6. The highest BCUT2D eigenvalue weighted by molar-refractivity contribution is 7.99. The summed E-state index contributed by atoms with van der Waals surface area (Å²) in [5, 5.41) is 13.5. The molecule has 0 saturated carbocycles. The lowest BCUT2D eigenvalue weighted by atomic mass is 10.2. The molecule has 1 heterocycles. The fourth-order valence-electron chi connectivity index (χ4n) is 2.88. The molecule has 32 heavy (non-hydrogen) atoms. The monoisotopic (exact) mass is 510 g/mol. The van der Waals surface area contributed by atoms with E-state index in [1.165, 1.54) is 11.8 Å². The number of amides is 1. The van der Waals surface area contributed by atoms with E-state index in [-0.39, 0.29) is 11.7 Å². The first kappa shape index (κ1) is 24.5. The Bertz CT molecular complexity index is 1140. The summed E-state index contributed by atoms with van der Waals surface area (Å²) < 4.78 is 7.82. The zero-order chi connectivity index (χ0) is 23.3. The Morgan fingerprint density at radius 2 is 2.03 bits per heavy atom. The number of aromatic nitrogens is 3. The van der Waals surface area contributed by atoms with Crippen LogP contribution >= 0.6 is 46.6 Å². The van der Waals surface area contributed by atoms with Crippen molar-refractivity contribution >= 4 is 58.2 Å². The van der Waals surface area contributed by atoms with Crippen LogP contribution < -0.4 is 10.1 Å². The first-order valence-corrected chi connectivity index (χ1v) is 11.8. The highest BCUT2D eigenvalue weighted by Gasteiger charge is 2.21. The Balaban J connectivity index is 1.70. The molecule has 0 aliphatic carbocycles. The second kappa shape index (κ2) is 11.1. The van der Waals surface area contributed by atoms with Crippen molar-refractivity contribution < 1.29 is 9.53 Å². The molecular formula is C22H21Cl3N4O2S. The first-order valence-electron chi connectivity index (χ1n) is 9.63. The molecular weight excluding hydrogens is 491 g/mol. The van der Waals surface area contributed by atoms with Crippen LogP contribution in [0.1, 0.15) is 24.4 Å². The molecule has 3 rings (SSSR count). The molecule has 2 aromatic carbocycles. The molecule has 1 amide bonds. The van der Waals surface area contributed by atoms with Gasteiger partial charge in [-0.2, -0.15) is 0 Å². The third-order valence-electron chi connectivity index (χ3n) is 4.49. The Hall–Kier alpha value is -2.19. The number of nitrogens with zero attached hydrogens (tertiary/aromatic N) is 3. The molecule has 0 bridgehead atoms. The summed E-state index contributed by atoms with van der Waals surface area (Å²) in [6.07, 6.45) is 1.28. The number of hydrogen-bond acceptors (Lipinski definition) is 5. The van der Waals surface area contributed by atoms with E-state index in [4.69, 9.17) is 39.5 Å². The van der Waals surface area contributed by atoms with Gasteiger partial charge in [-0.3, -0.25) is 9.36 Å². The summed E-state index contributed by atoms with van der Waals surface area (Å²) in [7, 11) is 0. The van der Waals surface area contributed by atoms with E-state index >= 15 is 0 Å². The Labute approximate surface area is 205 Å². The van der Waals surface area contributed by atoms with E-state index in [2.05, 4.69) is 22.1 Å². The lowest BCUT2D eigenvalue weighted by molar-refractivity contribution is -0.113. The third-order valence-corrected chi connectivity index (χ3v) is 6.40. The van der Waals surface area contributed by atoms with E-state index in [1.54, 1.807) is 36.4 Å². The van der Waals surface area contributed by atoms with Crippen molar-refractivity contribution in [3.63, 3.8) is 0 Å². The number of thioether (sulfide) groups is 1. The van der Waals surface area contributed by atoms with Gasteiger partial charge in [-0.1, -0.05) is 58.7 Å². The maximum atomic E-state index is 12.5. The van der Waals surface area contributed by atoms with Crippen LogP contribution in [0.3, 0.4) is 0 Å². The van der Waals surface area contributed by atoms with Crippen LogP contribution in [-0.2, 0) is 11.3 Å². The van der Waals surface area contributed by atoms with E-state index in [1.807, 2.05) is 24.5 Å². The first-order chi connectivity index (χ1) is 15.3. The Morgan fingerprint density at radius 3 is 2.75 bits per heavy atom. The molecule has 0 radical (unpaired) electrons. The number of ether oxygens (including phenoxy) is 1. The maximum absolute atomic E-state index is 12.5. The number of benzene rings is 2. The van der Waals surface area contributed by atoms with Crippen molar-refractivity contribution in [2.45, 2.75) is 31.7 Å². The number of halogens is 3. The van der Waals surface area contributed by atoms with Gasteiger partial charge in [-0.15, -0.1) is 16.8 Å². The number of carbonyl (C=O) groups excluding carboxylic acids is 1. The summed E-state index contributed by atoms with van der Waals surface area (Å²) in [6.45, 7) is 7.96. The normalized spacial score (nSPS) is 11.8. The molecule has 1 N–H and O–H groups in total. The molecule has 1 unspecified atom stereocenters. The lowest BCUT2D eigenvalue weighted by Crippen LogP contribution is -2.16. The van der Waals surface area contributed by atoms with Gasteiger partial charge < -0.3 is 10.1 Å². The lowest BCUT2D eigenvalue weighted by Gasteiger charge is -2.16. The molecule has 6 nitrogen and oxygen atoms in total. The van der Waals surface area contributed by atoms with Crippen molar-refractivity contribution in [3.05, 3.63) is 75.5 Å². The van der Waals surface area contributed by atoms with Crippen LogP contribution in [0.2, 0.25) is 15.1 Å². The van der Waals surface area contributed by atoms with Crippen LogP contribution in [0.25, 0.3) is 0 Å². The van der Waals surface area contributed by atoms with Crippen LogP contribution in [0.15, 0.2) is 54.2 Å². The van der Waals surface area contributed by atoms with Crippen LogP contribution in [0.5, 0.6) is 5.75 Å². The molecule has 1 atom stereocenters. The number of rotatable bonds is 9. The van der Waals surface area contributed by atoms with Gasteiger partial charge in [0, 0.05) is 22.3 Å². The van der Waals surface area contributed by atoms with Gasteiger partial charge in [0.1, 0.15) is 5.75 Å². The Kier molecular flexibility index (Phi) is 8.48. The topological polar surface area (TPSA) is 69.0 Å². The zero-order valence-electron chi connectivity index (χ0n) is 17.4. The highest BCUT2D eigenvalue weighted by atomic mass is 35.5. The second-order valence-corrected chi connectivity index (χ2v) is 9.02. The van der Waals surface area contributed by atoms with E-state index in [0.717, 1.165) is 5.56 Å². The largest absolute Gasteiger partial charge is 0.481 e. The number of carbonyl (C=O) groups is 1. The molecule has 0 aliphatic heterocycles. The fourth-order valence-corrected chi connectivity index (χ4v) is 4.26. The van der Waals surface area contributed by atoms with Gasteiger partial charge in [0.25, 0.3) is 0 Å². The number of anilines is 1. The summed E-state index contributed by atoms with van der Waals surface area (Å²) in [5.41, 5.74) is 1.50. The number of allylic oxidation sites excluding steroid dienone is 1. The van der Waals surface area contributed by atoms with Crippen LogP contribution in [0.4, 0.5) is 5.69 Å². The average Bonchev–Trinajstić information content (AvgIpc) is 3.15. The molecule has 168 valence electrons. The highest BCUT2D eigenvalue weighted by Crippen LogP contribution is 2.32. The van der Waals surface area contributed by atoms with Crippen molar-refractivity contribution in [2.75, 3.05) is 11.1 Å². The van der Waals surface area contributed by atoms with Crippen LogP contribution in [0, 0.1) is 6.92 Å². The van der Waals surface area contributed by atoms with Crippen molar-refractivity contribution in [3.8, 4) is 5.75 Å². The molecule has 0 aliphatic rings. The second-order valence-electron chi connectivity index (χ2n) is 6.82. The molecule has 1 aromatic heterocycles. The molecule has 10 heteroatoms. The van der Waals surface area contributed by atoms with Crippen molar-refractivity contribution in [2.24, 2.45) is 0 Å². The molecule has 0 saturated heterocycles. The maximum Gasteiger partial charge on any atom is 0.234 e. The minimum Gasteiger partial charge on any atom is -0.481 e. The van der Waals surface area contributed by atoms with Gasteiger partial charge in [-0.05, 0) is 49.7 Å². The van der Waals surface area contributed by atoms with E-state index < -0.39 is 6.10 Å². The number of hydrogen-bond donors (Lipinski definition) is 1. The predicted octanol–water partition coefficient (Wildman–Crippen LogP) is 6.60. The van der Waals surface area contributed by atoms with Crippen molar-refractivity contribution in [1.82, 2.24) is 14.8 Å². The summed E-state index contributed by atoms with van der Waals surface area (Å²) in [4.78, 5) is 12.5. The van der Waals surface area contributed by atoms with Gasteiger partial charge in [0.05, 0.1) is 10.8 Å². The minimum atomic E-state index is -0.446. The van der Waals surface area contributed by atoms with Crippen LogP contribution in [-0.4, -0.2) is 26.4 Å². The molecule has 3 aromatic rings. The van der Waals surface area contributed by atoms with Gasteiger partial charge >= 0.3 is 0 Å². The van der Waals surface area contributed by atoms with Crippen molar-refractivity contribution in [1.29, 1.82) is 0 Å². The van der Waals surface area contributed by atoms with Gasteiger partial charge in [-0.25, -0.2) is 0 Å². The molecule has 0 fully saturated rings. The summed E-state index contributed by atoms with van der Waals surface area (Å²) in [6, 6.07) is 10.4. The standard InChI is InChI=1S/C22H21Cl3N4O2S/c1-4-10-29-21(14(3)31-19-9-8-15(23)11-17(19)25)27-28-22(29)32-12-20(30)26-18-7-5-6-16(24)13(18)2/h4-9,11,14H,1,10,12H2,2-3H3,(H,26,30). The molecule has 0 spiro atoms. The third kappa shape index (κ3) is 5.98. The summed E-state index contributed by atoms with van der Waals surface area (Å²) in [5.74, 6) is 1.05. The SMILES string of the molecule is C=CCn1c(SCC(=O)Nc2cccc(Cl)c2C)nnc1C(C)Oc1ccc(Cl)cc1Cl. The minimum absolute atomic E-state index is 0.152. The van der Waals surface area contributed by atoms with Gasteiger partial charge in [0.15, 0.2) is 17.1 Å². The zero-order valence-corrected chi connectivity index (χ0v) is 20.5. The number of nitrogens with one attached hydrogen (secondary N) is 1.